The molecule has 0 aliphatic carbocycles. The van der Waals surface area contributed by atoms with Crippen LogP contribution in [0.25, 0.3) is 0 Å². The second kappa shape index (κ2) is 9.68. The second-order valence-electron chi connectivity index (χ2n) is 5.90. The maximum absolute atomic E-state index is 11.9. The first-order valence-corrected chi connectivity index (χ1v) is 8.66. The van der Waals surface area contributed by atoms with Gasteiger partial charge in [-0.15, -0.1) is 0 Å². The minimum atomic E-state index is -0.330. The minimum Gasteiger partial charge on any atom is -0.492 e. The highest BCUT2D eigenvalue weighted by atomic mass is 35.5. The number of urea groups is 1. The van der Waals surface area contributed by atoms with Gasteiger partial charge in [0.2, 0.25) is 5.91 Å². The predicted octanol–water partition coefficient (Wildman–Crippen LogP) is 4.14. The van der Waals surface area contributed by atoms with Gasteiger partial charge in [-0.05, 0) is 48.5 Å². The van der Waals surface area contributed by atoms with E-state index < -0.39 is 0 Å². The molecule has 0 aromatic heterocycles. The quantitative estimate of drug-likeness (QED) is 0.636. The van der Waals surface area contributed by atoms with Gasteiger partial charge in [-0.1, -0.05) is 25.4 Å². The molecule has 0 heterocycles. The van der Waals surface area contributed by atoms with Crippen molar-refractivity contribution in [3.8, 4) is 5.75 Å². The van der Waals surface area contributed by atoms with Crippen molar-refractivity contribution in [3.05, 3.63) is 53.6 Å². The predicted molar refractivity (Wildman–Crippen MR) is 104 cm³/mol. The first-order valence-electron chi connectivity index (χ1n) is 8.28. The minimum absolute atomic E-state index is 0.0517. The van der Waals surface area contributed by atoms with Crippen LogP contribution in [-0.4, -0.2) is 25.1 Å². The van der Waals surface area contributed by atoms with Crippen molar-refractivity contribution < 1.29 is 14.3 Å². The van der Waals surface area contributed by atoms with Crippen LogP contribution >= 0.6 is 11.6 Å². The molecule has 0 aliphatic rings. The topological polar surface area (TPSA) is 79.5 Å². The number of benzene rings is 2. The molecule has 26 heavy (non-hydrogen) atoms. The third kappa shape index (κ3) is 6.64. The van der Waals surface area contributed by atoms with Gasteiger partial charge in [-0.2, -0.15) is 0 Å². The van der Waals surface area contributed by atoms with Crippen molar-refractivity contribution in [2.75, 3.05) is 23.8 Å². The molecular weight excluding hydrogens is 354 g/mol. The van der Waals surface area contributed by atoms with Crippen molar-refractivity contribution in [2.45, 2.75) is 13.8 Å². The number of anilines is 2. The summed E-state index contributed by atoms with van der Waals surface area (Å²) in [6, 6.07) is 13.6. The van der Waals surface area contributed by atoms with E-state index in [0.717, 1.165) is 0 Å². The second-order valence-corrected chi connectivity index (χ2v) is 6.34. The fraction of sp³-hybridized carbons (Fsp3) is 0.263. The van der Waals surface area contributed by atoms with Gasteiger partial charge in [0.05, 0.1) is 6.54 Å². The lowest BCUT2D eigenvalue weighted by atomic mass is 10.2. The molecular formula is C19H22ClN3O3. The maximum Gasteiger partial charge on any atom is 0.319 e. The monoisotopic (exact) mass is 375 g/mol. The summed E-state index contributed by atoms with van der Waals surface area (Å²) in [7, 11) is 0. The lowest BCUT2D eigenvalue weighted by molar-refractivity contribution is -0.118. The highest BCUT2D eigenvalue weighted by Crippen LogP contribution is 2.15. The van der Waals surface area contributed by atoms with Crippen LogP contribution in [-0.2, 0) is 4.79 Å². The molecule has 2 rings (SSSR count). The fourth-order valence-electron chi connectivity index (χ4n) is 1.96. The molecule has 0 spiro atoms. The van der Waals surface area contributed by atoms with E-state index in [4.69, 9.17) is 16.3 Å². The highest BCUT2D eigenvalue weighted by Gasteiger charge is 2.07. The van der Waals surface area contributed by atoms with Crippen LogP contribution in [0.4, 0.5) is 16.2 Å². The summed E-state index contributed by atoms with van der Waals surface area (Å²) in [5.41, 5.74) is 1.31. The van der Waals surface area contributed by atoms with E-state index in [-0.39, 0.29) is 17.9 Å². The lowest BCUT2D eigenvalue weighted by Gasteiger charge is -2.10. The highest BCUT2D eigenvalue weighted by molar-refractivity contribution is 6.30. The molecule has 6 nitrogen and oxygen atoms in total. The van der Waals surface area contributed by atoms with Gasteiger partial charge in [0.15, 0.2) is 0 Å². The molecule has 0 aliphatic heterocycles. The molecule has 0 atom stereocenters. The summed E-state index contributed by atoms with van der Waals surface area (Å²) in [6.07, 6.45) is 0. The van der Waals surface area contributed by atoms with E-state index in [9.17, 15) is 9.59 Å². The van der Waals surface area contributed by atoms with E-state index in [0.29, 0.717) is 35.3 Å². The Balaban J connectivity index is 1.70. The van der Waals surface area contributed by atoms with E-state index >= 15 is 0 Å². The maximum atomic E-state index is 11.9. The van der Waals surface area contributed by atoms with Crippen LogP contribution in [0, 0.1) is 5.92 Å². The molecule has 2 aromatic rings. The van der Waals surface area contributed by atoms with Crippen molar-refractivity contribution in [2.24, 2.45) is 5.92 Å². The summed E-state index contributed by atoms with van der Waals surface area (Å²) in [5.74, 6) is 0.549. The summed E-state index contributed by atoms with van der Waals surface area (Å²) >= 11 is 5.80. The summed E-state index contributed by atoms with van der Waals surface area (Å²) in [6.45, 7) is 4.35. The SMILES string of the molecule is CC(C)C(=O)Nc1ccc(NC(=O)NCCOc2ccc(Cl)cc2)cc1. The fourth-order valence-corrected chi connectivity index (χ4v) is 2.09. The summed E-state index contributed by atoms with van der Waals surface area (Å²) in [4.78, 5) is 23.5. The number of hydrogen-bond acceptors (Lipinski definition) is 3. The van der Waals surface area contributed by atoms with E-state index in [1.165, 1.54) is 0 Å². The van der Waals surface area contributed by atoms with Crippen molar-refractivity contribution in [1.29, 1.82) is 0 Å². The van der Waals surface area contributed by atoms with Gasteiger partial charge in [-0.25, -0.2) is 4.79 Å². The van der Waals surface area contributed by atoms with Gasteiger partial charge < -0.3 is 20.7 Å². The van der Waals surface area contributed by atoms with Crippen LogP contribution < -0.4 is 20.7 Å². The lowest BCUT2D eigenvalue weighted by Crippen LogP contribution is -2.32. The number of carbonyl (C=O) groups is 2. The van der Waals surface area contributed by atoms with Crippen molar-refractivity contribution in [3.63, 3.8) is 0 Å². The van der Waals surface area contributed by atoms with Crippen molar-refractivity contribution in [1.82, 2.24) is 5.32 Å². The molecule has 0 fully saturated rings. The molecule has 0 radical (unpaired) electrons. The van der Waals surface area contributed by atoms with Crippen molar-refractivity contribution >= 4 is 34.9 Å². The first-order chi connectivity index (χ1) is 12.4. The molecule has 7 heteroatoms. The Kier molecular flexibility index (Phi) is 7.29. The number of amides is 3. The van der Waals surface area contributed by atoms with Crippen LogP contribution in [0.15, 0.2) is 48.5 Å². The average molecular weight is 376 g/mol. The van der Waals surface area contributed by atoms with Crippen LogP contribution in [0.2, 0.25) is 5.02 Å². The summed E-state index contributed by atoms with van der Waals surface area (Å²) in [5, 5.41) is 8.85. The van der Waals surface area contributed by atoms with Crippen LogP contribution in [0.3, 0.4) is 0 Å². The Bertz CT molecular complexity index is 731. The van der Waals surface area contributed by atoms with Crippen LogP contribution in [0.1, 0.15) is 13.8 Å². The van der Waals surface area contributed by atoms with E-state index in [1.807, 2.05) is 13.8 Å². The van der Waals surface area contributed by atoms with Gasteiger partial charge in [0.25, 0.3) is 0 Å². The van der Waals surface area contributed by atoms with E-state index in [2.05, 4.69) is 16.0 Å². The Hall–Kier alpha value is -2.73. The Morgan fingerprint density at radius 1 is 0.962 bits per heavy atom. The Morgan fingerprint density at radius 3 is 2.12 bits per heavy atom. The Morgan fingerprint density at radius 2 is 1.54 bits per heavy atom. The normalized spacial score (nSPS) is 10.3. The first kappa shape index (κ1) is 19.6. The molecule has 138 valence electrons. The zero-order chi connectivity index (χ0) is 18.9. The van der Waals surface area contributed by atoms with Crippen LogP contribution in [0.5, 0.6) is 5.75 Å². The zero-order valence-corrected chi connectivity index (χ0v) is 15.5. The molecule has 0 saturated heterocycles. The van der Waals surface area contributed by atoms with Gasteiger partial charge >= 0.3 is 6.03 Å². The molecule has 0 saturated carbocycles. The number of rotatable bonds is 7. The number of halogens is 1. The third-order valence-corrected chi connectivity index (χ3v) is 3.66. The standard InChI is InChI=1S/C19H22ClN3O3/c1-13(2)18(24)22-15-5-7-16(8-6-15)23-19(25)21-11-12-26-17-9-3-14(20)4-10-17/h3-10,13H,11-12H2,1-2H3,(H,22,24)(H2,21,23,25). The number of ether oxygens (including phenoxy) is 1. The van der Waals surface area contributed by atoms with E-state index in [1.54, 1.807) is 48.5 Å². The smallest absolute Gasteiger partial charge is 0.319 e. The van der Waals surface area contributed by atoms with Gasteiger partial charge in [0, 0.05) is 22.3 Å². The van der Waals surface area contributed by atoms with Gasteiger partial charge in [-0.3, -0.25) is 4.79 Å². The summed E-state index contributed by atoms with van der Waals surface area (Å²) < 4.78 is 5.49. The number of nitrogens with one attached hydrogen (secondary N) is 3. The number of hydrogen-bond donors (Lipinski definition) is 3. The molecule has 3 amide bonds. The molecule has 0 unspecified atom stereocenters. The third-order valence-electron chi connectivity index (χ3n) is 3.40. The Labute approximate surface area is 157 Å². The van der Waals surface area contributed by atoms with Gasteiger partial charge in [0.1, 0.15) is 12.4 Å². The molecule has 3 N–H and O–H groups in total. The number of carbonyl (C=O) groups excluding carboxylic acids is 2. The zero-order valence-electron chi connectivity index (χ0n) is 14.7. The average Bonchev–Trinajstić information content (AvgIpc) is 2.62. The largest absolute Gasteiger partial charge is 0.492 e. The molecule has 0 bridgehead atoms. The molecule has 2 aromatic carbocycles.